The van der Waals surface area contributed by atoms with Gasteiger partial charge < -0.3 is 9.47 Å². The Morgan fingerprint density at radius 3 is 2.34 bits per heavy atom. The number of esters is 1. The van der Waals surface area contributed by atoms with Crippen molar-refractivity contribution in [3.05, 3.63) is 53.6 Å². The number of imide groups is 1. The molecular weight excluding hydrogens is 406 g/mol. The van der Waals surface area contributed by atoms with Crippen LogP contribution in [0.2, 0.25) is 0 Å². The first-order valence-electron chi connectivity index (χ1n) is 11.5. The van der Waals surface area contributed by atoms with E-state index < -0.39 is 17.8 Å². The average molecular weight is 442 g/mol. The zero-order valence-corrected chi connectivity index (χ0v) is 19.1. The molecule has 174 valence electrons. The minimum atomic E-state index is -0.562. The van der Waals surface area contributed by atoms with Crippen LogP contribution >= 0.6 is 0 Å². The van der Waals surface area contributed by atoms with Crippen LogP contribution < -0.4 is 10.1 Å². The predicted molar refractivity (Wildman–Crippen MR) is 124 cm³/mol. The van der Waals surface area contributed by atoms with Gasteiger partial charge in [-0.1, -0.05) is 56.7 Å². The van der Waals surface area contributed by atoms with Crippen molar-refractivity contribution < 1.29 is 23.9 Å². The molecule has 1 aromatic rings. The molecule has 0 saturated carbocycles. The van der Waals surface area contributed by atoms with Crippen molar-refractivity contribution in [3.8, 4) is 5.75 Å². The van der Waals surface area contributed by atoms with E-state index in [0.717, 1.165) is 30.9 Å². The molecule has 0 atom stereocenters. The number of carbonyl (C=O) groups excluding carboxylic acids is 3. The van der Waals surface area contributed by atoms with E-state index in [1.165, 1.54) is 50.5 Å². The van der Waals surface area contributed by atoms with Gasteiger partial charge in [-0.3, -0.25) is 19.7 Å². The number of amides is 2. The Bertz CT molecular complexity index is 828. The number of aryl methyl sites for hydroxylation is 1. The standard InChI is InChI=1S/C26H35NO5/c1-3-4-5-6-7-8-9-10-11-12-13-20-14-15-21(23(16-20)31-2)19-32-25(29)18-22-17-24(28)27-26(22)30/h3,14-17H,1,4-13,18-19H2,2H3,(H,27,28,30). The van der Waals surface area contributed by atoms with Gasteiger partial charge in [0.05, 0.1) is 13.5 Å². The average Bonchev–Trinajstić information content (AvgIpc) is 3.10. The van der Waals surface area contributed by atoms with Gasteiger partial charge in [0.25, 0.3) is 11.8 Å². The zero-order valence-electron chi connectivity index (χ0n) is 19.1. The molecule has 6 nitrogen and oxygen atoms in total. The maximum absolute atomic E-state index is 12.0. The number of methoxy groups -OCH3 is 1. The third kappa shape index (κ3) is 9.08. The molecular formula is C26H35NO5. The smallest absolute Gasteiger partial charge is 0.310 e. The lowest BCUT2D eigenvalue weighted by Gasteiger charge is -2.11. The molecule has 0 aliphatic carbocycles. The molecule has 0 fully saturated rings. The van der Waals surface area contributed by atoms with Gasteiger partial charge in [-0.2, -0.15) is 0 Å². The van der Waals surface area contributed by atoms with E-state index in [1.54, 1.807) is 7.11 Å². The summed E-state index contributed by atoms with van der Waals surface area (Å²) in [5.74, 6) is -0.928. The summed E-state index contributed by atoms with van der Waals surface area (Å²) in [7, 11) is 1.60. The highest BCUT2D eigenvalue weighted by Gasteiger charge is 2.23. The minimum absolute atomic E-state index is 0.0535. The van der Waals surface area contributed by atoms with E-state index in [2.05, 4.69) is 11.9 Å². The number of unbranched alkanes of at least 4 members (excludes halogenated alkanes) is 8. The number of hydrogen-bond acceptors (Lipinski definition) is 5. The lowest BCUT2D eigenvalue weighted by Crippen LogP contribution is -2.23. The Hall–Kier alpha value is -2.89. The van der Waals surface area contributed by atoms with Crippen LogP contribution in [-0.2, 0) is 32.1 Å². The third-order valence-electron chi connectivity index (χ3n) is 5.53. The van der Waals surface area contributed by atoms with Crippen molar-refractivity contribution in [1.29, 1.82) is 0 Å². The van der Waals surface area contributed by atoms with E-state index in [1.807, 2.05) is 24.3 Å². The Morgan fingerprint density at radius 2 is 1.72 bits per heavy atom. The molecule has 0 unspecified atom stereocenters. The summed E-state index contributed by atoms with van der Waals surface area (Å²) in [5.41, 5.74) is 2.09. The highest BCUT2D eigenvalue weighted by atomic mass is 16.5. The molecule has 0 saturated heterocycles. The van der Waals surface area contributed by atoms with Gasteiger partial charge in [-0.25, -0.2) is 0 Å². The van der Waals surface area contributed by atoms with E-state index >= 15 is 0 Å². The fourth-order valence-corrected chi connectivity index (χ4v) is 3.69. The zero-order chi connectivity index (χ0) is 23.2. The van der Waals surface area contributed by atoms with E-state index in [9.17, 15) is 14.4 Å². The normalized spacial score (nSPS) is 13.0. The Balaban J connectivity index is 1.68. The maximum Gasteiger partial charge on any atom is 0.310 e. The molecule has 1 aliphatic rings. The number of rotatable bonds is 16. The van der Waals surface area contributed by atoms with Gasteiger partial charge in [-0.05, 0) is 37.3 Å². The van der Waals surface area contributed by atoms with Crippen LogP contribution in [0.3, 0.4) is 0 Å². The quantitative estimate of drug-likeness (QED) is 0.170. The molecule has 0 radical (unpaired) electrons. The van der Waals surface area contributed by atoms with Gasteiger partial charge in [0.1, 0.15) is 12.4 Å². The summed E-state index contributed by atoms with van der Waals surface area (Å²) >= 11 is 0. The molecule has 1 aliphatic heterocycles. The number of nitrogens with one attached hydrogen (secondary N) is 1. The first kappa shape index (κ1) is 25.4. The minimum Gasteiger partial charge on any atom is -0.496 e. The number of allylic oxidation sites excluding steroid dienone is 1. The molecule has 0 bridgehead atoms. The second-order valence-electron chi connectivity index (χ2n) is 8.13. The van der Waals surface area contributed by atoms with Gasteiger partial charge >= 0.3 is 5.97 Å². The molecule has 1 N–H and O–H groups in total. The first-order valence-corrected chi connectivity index (χ1v) is 11.5. The lowest BCUT2D eigenvalue weighted by molar-refractivity contribution is -0.144. The van der Waals surface area contributed by atoms with Crippen molar-refractivity contribution in [3.63, 3.8) is 0 Å². The fraction of sp³-hybridized carbons (Fsp3) is 0.500. The summed E-state index contributed by atoms with van der Waals surface area (Å²) in [4.78, 5) is 34.7. The fourth-order valence-electron chi connectivity index (χ4n) is 3.69. The highest BCUT2D eigenvalue weighted by molar-refractivity contribution is 6.17. The SMILES string of the molecule is C=CCCCCCCCCCCc1ccc(COC(=O)CC2=CC(=O)NC2=O)c(OC)c1. The molecule has 6 heteroatoms. The van der Waals surface area contributed by atoms with Crippen LogP contribution in [0.15, 0.2) is 42.5 Å². The molecule has 2 amide bonds. The molecule has 0 spiro atoms. The monoisotopic (exact) mass is 441 g/mol. The van der Waals surface area contributed by atoms with Crippen LogP contribution in [-0.4, -0.2) is 24.9 Å². The molecule has 1 aromatic carbocycles. The maximum atomic E-state index is 12.0. The van der Waals surface area contributed by atoms with Crippen LogP contribution in [0.25, 0.3) is 0 Å². The summed E-state index contributed by atoms with van der Waals surface area (Å²) in [6, 6.07) is 5.95. The van der Waals surface area contributed by atoms with Crippen LogP contribution in [0.1, 0.15) is 75.3 Å². The Kier molecular flexibility index (Phi) is 11.3. The first-order chi connectivity index (χ1) is 15.5. The van der Waals surface area contributed by atoms with Gasteiger partial charge in [-0.15, -0.1) is 6.58 Å². The number of ether oxygens (including phenoxy) is 2. The summed E-state index contributed by atoms with van der Waals surface area (Å²) in [5, 5.41) is 2.11. The second kappa shape index (κ2) is 14.2. The molecule has 2 rings (SSSR count). The van der Waals surface area contributed by atoms with Gasteiger partial charge in [0.2, 0.25) is 0 Å². The highest BCUT2D eigenvalue weighted by Crippen LogP contribution is 2.23. The van der Waals surface area contributed by atoms with E-state index in [0.29, 0.717) is 5.75 Å². The summed E-state index contributed by atoms with van der Waals surface area (Å²) in [6.07, 6.45) is 15.2. The van der Waals surface area contributed by atoms with Crippen LogP contribution in [0.5, 0.6) is 5.75 Å². The van der Waals surface area contributed by atoms with E-state index in [-0.39, 0.29) is 18.6 Å². The topological polar surface area (TPSA) is 81.7 Å². The van der Waals surface area contributed by atoms with Gasteiger partial charge in [0.15, 0.2) is 0 Å². The second-order valence-corrected chi connectivity index (χ2v) is 8.13. The van der Waals surface area contributed by atoms with Crippen molar-refractivity contribution in [1.82, 2.24) is 5.32 Å². The number of carbonyl (C=O) groups is 3. The predicted octanol–water partition coefficient (Wildman–Crippen LogP) is 4.95. The van der Waals surface area contributed by atoms with Crippen molar-refractivity contribution in [2.45, 2.75) is 77.2 Å². The van der Waals surface area contributed by atoms with Crippen molar-refractivity contribution >= 4 is 17.8 Å². The van der Waals surface area contributed by atoms with E-state index in [4.69, 9.17) is 9.47 Å². The summed E-state index contributed by atoms with van der Waals surface area (Å²) < 4.78 is 10.7. The summed E-state index contributed by atoms with van der Waals surface area (Å²) in [6.45, 7) is 3.81. The molecule has 1 heterocycles. The van der Waals surface area contributed by atoms with Gasteiger partial charge in [0, 0.05) is 17.2 Å². The van der Waals surface area contributed by atoms with Crippen molar-refractivity contribution in [2.24, 2.45) is 0 Å². The van der Waals surface area contributed by atoms with Crippen LogP contribution in [0.4, 0.5) is 0 Å². The lowest BCUT2D eigenvalue weighted by atomic mass is 10.0. The molecule has 32 heavy (non-hydrogen) atoms. The van der Waals surface area contributed by atoms with Crippen molar-refractivity contribution in [2.75, 3.05) is 7.11 Å². The number of benzene rings is 1. The molecule has 0 aromatic heterocycles. The largest absolute Gasteiger partial charge is 0.496 e. The third-order valence-corrected chi connectivity index (χ3v) is 5.53. The Labute approximate surface area is 191 Å². The Morgan fingerprint density at radius 1 is 1.03 bits per heavy atom. The number of hydrogen-bond donors (Lipinski definition) is 1. The van der Waals surface area contributed by atoms with Crippen LogP contribution in [0, 0.1) is 0 Å².